The van der Waals surface area contributed by atoms with E-state index in [0.717, 1.165) is 15.8 Å². The van der Waals surface area contributed by atoms with E-state index < -0.39 is 12.1 Å². The number of nitrogens with zero attached hydrogens (tertiary/aromatic N) is 4. The Balaban J connectivity index is 1.61. The molecule has 0 aliphatic carbocycles. The number of hydrogen-bond donors (Lipinski definition) is 2. The fourth-order valence-electron chi connectivity index (χ4n) is 4.26. The van der Waals surface area contributed by atoms with E-state index in [1.165, 1.54) is 19.1 Å². The van der Waals surface area contributed by atoms with Gasteiger partial charge in [0.25, 0.3) is 0 Å². The fraction of sp³-hybridized carbons (Fsp3) is 0.333. The van der Waals surface area contributed by atoms with Crippen molar-refractivity contribution in [1.82, 2.24) is 19.8 Å². The lowest BCUT2D eigenvalue weighted by Gasteiger charge is -2.23. The molecule has 36 heavy (non-hydrogen) atoms. The summed E-state index contributed by atoms with van der Waals surface area (Å²) in [5.41, 5.74) is 1.96. The van der Waals surface area contributed by atoms with E-state index in [1.54, 1.807) is 26.4 Å². The summed E-state index contributed by atoms with van der Waals surface area (Å²) >= 11 is 13.1. The van der Waals surface area contributed by atoms with Crippen molar-refractivity contribution >= 4 is 52.1 Å². The number of rotatable bonds is 6. The first-order valence-electron chi connectivity index (χ1n) is 11.0. The van der Waals surface area contributed by atoms with E-state index >= 15 is 0 Å². The van der Waals surface area contributed by atoms with Gasteiger partial charge in [-0.3, -0.25) is 9.69 Å². The molecule has 0 spiro atoms. The summed E-state index contributed by atoms with van der Waals surface area (Å²) in [5.74, 6) is 0.937. The summed E-state index contributed by atoms with van der Waals surface area (Å²) in [5, 5.41) is 14.1. The maximum Gasteiger partial charge on any atom is 0.408 e. The van der Waals surface area contributed by atoms with Crippen LogP contribution in [0.4, 0.5) is 10.7 Å². The van der Waals surface area contributed by atoms with Crippen molar-refractivity contribution in [3.05, 3.63) is 40.5 Å². The molecule has 2 N–H and O–H groups in total. The number of ether oxygens (including phenoxy) is 2. The van der Waals surface area contributed by atoms with Crippen LogP contribution in [-0.2, 0) is 4.79 Å². The zero-order valence-corrected chi connectivity index (χ0v) is 21.6. The van der Waals surface area contributed by atoms with Crippen LogP contribution in [-0.4, -0.2) is 83.8 Å². The largest absolute Gasteiger partial charge is 0.495 e. The molecule has 1 aromatic heterocycles. The summed E-state index contributed by atoms with van der Waals surface area (Å²) in [6.45, 7) is 0.147. The third-order valence-electron chi connectivity index (χ3n) is 6.05. The predicted octanol–water partition coefficient (Wildman–Crippen LogP) is 4.24. The molecule has 0 radical (unpaired) electrons. The van der Waals surface area contributed by atoms with Gasteiger partial charge in [-0.25, -0.2) is 14.8 Å². The number of aromatic nitrogens is 2. The zero-order valence-electron chi connectivity index (χ0n) is 20.1. The number of carboxylic acid groups (broad SMARTS) is 1. The smallest absolute Gasteiger partial charge is 0.408 e. The molecule has 2 amide bonds. The molecule has 190 valence electrons. The van der Waals surface area contributed by atoms with E-state index in [-0.39, 0.29) is 18.5 Å². The summed E-state index contributed by atoms with van der Waals surface area (Å²) in [6, 6.07) is 6.06. The number of halogens is 2. The van der Waals surface area contributed by atoms with Crippen molar-refractivity contribution in [1.29, 1.82) is 0 Å². The van der Waals surface area contributed by atoms with Gasteiger partial charge in [-0.15, -0.1) is 0 Å². The molecular formula is C24H25Cl2N5O5. The highest BCUT2D eigenvalue weighted by Crippen LogP contribution is 2.46. The summed E-state index contributed by atoms with van der Waals surface area (Å²) < 4.78 is 10.7. The maximum absolute atomic E-state index is 12.4. The monoisotopic (exact) mass is 533 g/mol. The van der Waals surface area contributed by atoms with E-state index in [4.69, 9.17) is 32.7 Å². The van der Waals surface area contributed by atoms with Gasteiger partial charge < -0.3 is 24.8 Å². The first kappa shape index (κ1) is 25.6. The predicted molar refractivity (Wildman–Crippen MR) is 137 cm³/mol. The van der Waals surface area contributed by atoms with Gasteiger partial charge in [0.1, 0.15) is 17.5 Å². The van der Waals surface area contributed by atoms with Gasteiger partial charge in [0.2, 0.25) is 11.9 Å². The van der Waals surface area contributed by atoms with Crippen molar-refractivity contribution in [2.75, 3.05) is 40.2 Å². The van der Waals surface area contributed by atoms with Gasteiger partial charge in [-0.2, -0.15) is 0 Å². The van der Waals surface area contributed by atoms with Crippen LogP contribution >= 0.6 is 23.2 Å². The van der Waals surface area contributed by atoms with Crippen molar-refractivity contribution in [2.24, 2.45) is 0 Å². The minimum absolute atomic E-state index is 0.147. The van der Waals surface area contributed by atoms with Gasteiger partial charge in [0.15, 0.2) is 0 Å². The lowest BCUT2D eigenvalue weighted by atomic mass is 10.0. The molecule has 0 saturated carbocycles. The Morgan fingerprint density at radius 1 is 1.14 bits per heavy atom. The number of hydrogen-bond acceptors (Lipinski definition) is 7. The number of fused-ring (bicyclic) bond motifs is 1. The standard InChI is InChI=1S/C24H25Cl2N5O5/c1-30(2)22(32)16-8-14(11-31(16)24(33)34)28-23-27-10-13-7-12(5-6-15(13)29-23)19-20(25)17(35-3)9-18(36-4)21(19)26/h5-7,9-10,14,16H,8,11H2,1-4H3,(H,33,34)(H,27,28,29)/t14-,16-/m0/s1. The SMILES string of the molecule is COc1cc(OC)c(Cl)c(-c2ccc3nc(N[C@H]4C[C@@H](C(=O)N(C)C)N(C(=O)O)C4)ncc3c2)c1Cl. The lowest BCUT2D eigenvalue weighted by Crippen LogP contribution is -2.44. The van der Waals surface area contributed by atoms with Crippen LogP contribution in [0.15, 0.2) is 30.5 Å². The number of carbonyl (C=O) groups is 2. The Bertz CT molecular complexity index is 1310. The summed E-state index contributed by atoms with van der Waals surface area (Å²) in [7, 11) is 6.23. The van der Waals surface area contributed by atoms with E-state index in [1.807, 2.05) is 18.2 Å². The van der Waals surface area contributed by atoms with Gasteiger partial charge in [0.05, 0.1) is 29.8 Å². The van der Waals surface area contributed by atoms with Crippen LogP contribution in [0, 0.1) is 0 Å². The van der Waals surface area contributed by atoms with Crippen molar-refractivity contribution in [2.45, 2.75) is 18.5 Å². The van der Waals surface area contributed by atoms with Crippen LogP contribution in [0.5, 0.6) is 11.5 Å². The van der Waals surface area contributed by atoms with Crippen LogP contribution in [0.25, 0.3) is 22.0 Å². The molecule has 10 nitrogen and oxygen atoms in total. The molecule has 1 aliphatic rings. The van der Waals surface area contributed by atoms with Crippen molar-refractivity contribution in [3.63, 3.8) is 0 Å². The third-order valence-corrected chi connectivity index (χ3v) is 6.80. The van der Waals surface area contributed by atoms with E-state index in [2.05, 4.69) is 15.3 Å². The molecule has 1 fully saturated rings. The van der Waals surface area contributed by atoms with E-state index in [0.29, 0.717) is 45.0 Å². The Kier molecular flexibility index (Phi) is 7.28. The highest BCUT2D eigenvalue weighted by molar-refractivity contribution is 6.41. The Morgan fingerprint density at radius 2 is 1.81 bits per heavy atom. The lowest BCUT2D eigenvalue weighted by molar-refractivity contribution is -0.132. The molecule has 4 rings (SSSR count). The number of nitrogens with one attached hydrogen (secondary N) is 1. The molecule has 2 atom stereocenters. The van der Waals surface area contributed by atoms with Crippen LogP contribution in [0.3, 0.4) is 0 Å². The number of likely N-dealkylation sites (tertiary alicyclic amines) is 1. The van der Waals surface area contributed by atoms with Crippen molar-refractivity contribution in [3.8, 4) is 22.6 Å². The zero-order chi connectivity index (χ0) is 26.1. The number of likely N-dealkylation sites (N-methyl/N-ethyl adjacent to an activating group) is 1. The number of benzene rings is 2. The quantitative estimate of drug-likeness (QED) is 0.483. The molecule has 0 unspecified atom stereocenters. The van der Waals surface area contributed by atoms with E-state index in [9.17, 15) is 14.7 Å². The maximum atomic E-state index is 12.4. The average Bonchev–Trinajstić information content (AvgIpc) is 3.27. The van der Waals surface area contributed by atoms with Crippen LogP contribution in [0.2, 0.25) is 10.0 Å². The van der Waals surface area contributed by atoms with Gasteiger partial charge in [-0.1, -0.05) is 29.3 Å². The molecule has 3 aromatic rings. The first-order chi connectivity index (χ1) is 17.1. The minimum Gasteiger partial charge on any atom is -0.495 e. The number of methoxy groups -OCH3 is 2. The normalized spacial score (nSPS) is 17.2. The first-order valence-corrected chi connectivity index (χ1v) is 11.7. The average molecular weight is 534 g/mol. The summed E-state index contributed by atoms with van der Waals surface area (Å²) in [6.07, 6.45) is 0.830. The van der Waals surface area contributed by atoms with Gasteiger partial charge >= 0.3 is 6.09 Å². The highest BCUT2D eigenvalue weighted by Gasteiger charge is 2.40. The summed E-state index contributed by atoms with van der Waals surface area (Å²) in [4.78, 5) is 35.6. The highest BCUT2D eigenvalue weighted by atomic mass is 35.5. The second kappa shape index (κ2) is 10.2. The molecule has 0 bridgehead atoms. The molecule has 12 heteroatoms. The van der Waals surface area contributed by atoms with Crippen LogP contribution < -0.4 is 14.8 Å². The molecule has 2 heterocycles. The minimum atomic E-state index is -1.14. The number of amides is 2. The fourth-order valence-corrected chi connectivity index (χ4v) is 4.98. The Hall–Kier alpha value is -3.50. The topological polar surface area (TPSA) is 117 Å². The molecular weight excluding hydrogens is 509 g/mol. The third kappa shape index (κ3) is 4.78. The second-order valence-corrected chi connectivity index (χ2v) is 9.27. The Labute approximate surface area is 217 Å². The Morgan fingerprint density at radius 3 is 2.39 bits per heavy atom. The molecule has 2 aromatic carbocycles. The van der Waals surface area contributed by atoms with Crippen molar-refractivity contribution < 1.29 is 24.2 Å². The van der Waals surface area contributed by atoms with Gasteiger partial charge in [0, 0.05) is 49.9 Å². The van der Waals surface area contributed by atoms with Gasteiger partial charge in [-0.05, 0) is 24.1 Å². The number of anilines is 1. The molecule has 1 saturated heterocycles. The van der Waals surface area contributed by atoms with Crippen LogP contribution in [0.1, 0.15) is 6.42 Å². The molecule has 1 aliphatic heterocycles. The number of carbonyl (C=O) groups excluding carboxylic acids is 1. The second-order valence-electron chi connectivity index (χ2n) is 8.51.